The number of carbonyl (C=O) groups excluding carboxylic acids is 1. The minimum absolute atomic E-state index is 0.0296. The van der Waals surface area contributed by atoms with Gasteiger partial charge >= 0.3 is 0 Å². The Kier molecular flexibility index (Phi) is 4.33. The molecule has 1 saturated heterocycles. The molecule has 2 fully saturated rings. The van der Waals surface area contributed by atoms with Gasteiger partial charge in [0.15, 0.2) is 11.5 Å². The number of terminal acetylenes is 1. The van der Waals surface area contributed by atoms with E-state index in [-0.39, 0.29) is 12.5 Å². The highest BCUT2D eigenvalue weighted by molar-refractivity contribution is 5.97. The van der Waals surface area contributed by atoms with Crippen molar-refractivity contribution in [1.29, 1.82) is 0 Å². The molecule has 5 heteroatoms. The van der Waals surface area contributed by atoms with Crippen LogP contribution in [0.1, 0.15) is 36.0 Å². The summed E-state index contributed by atoms with van der Waals surface area (Å²) in [7, 11) is 3.06. The number of rotatable bonds is 5. The number of ether oxygens (including phenoxy) is 3. The zero-order valence-electron chi connectivity index (χ0n) is 13.5. The van der Waals surface area contributed by atoms with Gasteiger partial charge < -0.3 is 19.1 Å². The second kappa shape index (κ2) is 6.41. The molecule has 122 valence electrons. The Morgan fingerprint density at radius 2 is 1.78 bits per heavy atom. The molecule has 1 aromatic carbocycles. The maximum atomic E-state index is 12.8. The number of hydrogen-bond donors (Lipinski definition) is 0. The van der Waals surface area contributed by atoms with Crippen molar-refractivity contribution < 1.29 is 19.0 Å². The SMILES string of the molecule is C#CCOc1c(OC)cc(C(=O)N2C3CCCCC32)cc1OC. The highest BCUT2D eigenvalue weighted by atomic mass is 16.5. The Hall–Kier alpha value is -2.35. The molecular weight excluding hydrogens is 294 g/mol. The third-order valence-electron chi connectivity index (χ3n) is 4.56. The molecular formula is C18H21NO4. The maximum absolute atomic E-state index is 12.8. The third-order valence-corrected chi connectivity index (χ3v) is 4.56. The fraction of sp³-hybridized carbons (Fsp3) is 0.500. The van der Waals surface area contributed by atoms with Crippen molar-refractivity contribution in [3.63, 3.8) is 0 Å². The molecule has 2 aliphatic rings. The van der Waals surface area contributed by atoms with Crippen LogP contribution in [0.2, 0.25) is 0 Å². The van der Waals surface area contributed by atoms with Crippen molar-refractivity contribution in [3.05, 3.63) is 17.7 Å². The molecule has 2 unspecified atom stereocenters. The lowest BCUT2D eigenvalue weighted by Crippen LogP contribution is -2.15. The molecule has 5 nitrogen and oxygen atoms in total. The number of methoxy groups -OCH3 is 2. The van der Waals surface area contributed by atoms with E-state index in [4.69, 9.17) is 20.6 Å². The van der Waals surface area contributed by atoms with Gasteiger partial charge in [0.25, 0.3) is 5.91 Å². The van der Waals surface area contributed by atoms with Gasteiger partial charge in [0.1, 0.15) is 6.61 Å². The van der Waals surface area contributed by atoms with E-state index in [1.807, 2.05) is 4.90 Å². The van der Waals surface area contributed by atoms with Crippen LogP contribution in [0.5, 0.6) is 17.2 Å². The van der Waals surface area contributed by atoms with Gasteiger partial charge in [-0.05, 0) is 25.0 Å². The Morgan fingerprint density at radius 1 is 1.22 bits per heavy atom. The quantitative estimate of drug-likeness (QED) is 0.619. The summed E-state index contributed by atoms with van der Waals surface area (Å²) < 4.78 is 16.2. The van der Waals surface area contributed by atoms with Crippen LogP contribution in [0, 0.1) is 12.3 Å². The molecule has 0 spiro atoms. The molecule has 3 rings (SSSR count). The number of carbonyl (C=O) groups is 1. The molecule has 1 saturated carbocycles. The first kappa shape index (κ1) is 15.5. The van der Waals surface area contributed by atoms with Gasteiger partial charge in [0.2, 0.25) is 5.75 Å². The largest absolute Gasteiger partial charge is 0.493 e. The van der Waals surface area contributed by atoms with Crippen LogP contribution < -0.4 is 14.2 Å². The van der Waals surface area contributed by atoms with Crippen LogP contribution in [0.15, 0.2) is 12.1 Å². The minimum Gasteiger partial charge on any atom is -0.493 e. The van der Waals surface area contributed by atoms with Crippen molar-refractivity contribution in [3.8, 4) is 29.6 Å². The molecule has 1 aliphatic heterocycles. The van der Waals surface area contributed by atoms with Crippen molar-refractivity contribution in [1.82, 2.24) is 4.90 Å². The summed E-state index contributed by atoms with van der Waals surface area (Å²) in [6.45, 7) is 0.107. The molecule has 0 radical (unpaired) electrons. The Labute approximate surface area is 136 Å². The van der Waals surface area contributed by atoms with E-state index in [1.165, 1.54) is 27.1 Å². The summed E-state index contributed by atoms with van der Waals surface area (Å²) in [6.07, 6.45) is 9.86. The zero-order chi connectivity index (χ0) is 16.4. The first-order chi connectivity index (χ1) is 11.2. The van der Waals surface area contributed by atoms with Gasteiger partial charge in [-0.25, -0.2) is 0 Å². The average Bonchev–Trinajstić information content (AvgIpc) is 3.32. The molecule has 23 heavy (non-hydrogen) atoms. The lowest BCUT2D eigenvalue weighted by molar-refractivity contribution is 0.0864. The Balaban J connectivity index is 1.88. The second-order valence-corrected chi connectivity index (χ2v) is 5.83. The number of fused-ring (bicyclic) bond motifs is 1. The lowest BCUT2D eigenvalue weighted by atomic mass is 10.0. The number of likely N-dealkylation sites (tertiary alicyclic amines) is 1. The van der Waals surface area contributed by atoms with Crippen LogP contribution in [0.3, 0.4) is 0 Å². The minimum atomic E-state index is 0.0296. The molecule has 0 bridgehead atoms. The van der Waals surface area contributed by atoms with E-state index in [2.05, 4.69) is 5.92 Å². The Morgan fingerprint density at radius 3 is 2.26 bits per heavy atom. The van der Waals surface area contributed by atoms with Gasteiger partial charge in [0.05, 0.1) is 26.3 Å². The van der Waals surface area contributed by atoms with Crippen LogP contribution in [0.4, 0.5) is 0 Å². The van der Waals surface area contributed by atoms with E-state index in [9.17, 15) is 4.79 Å². The highest BCUT2D eigenvalue weighted by Gasteiger charge is 2.51. The number of amides is 1. The van der Waals surface area contributed by atoms with Crippen LogP contribution in [-0.4, -0.2) is 43.7 Å². The van der Waals surface area contributed by atoms with E-state index >= 15 is 0 Å². The standard InChI is InChI=1S/C18H21NO4/c1-4-9-23-17-15(21-2)10-12(11-16(17)22-3)18(20)19-13-7-5-6-8-14(13)19/h1,10-11,13-14H,5-9H2,2-3H3. The lowest BCUT2D eigenvalue weighted by Gasteiger charge is -2.15. The molecule has 2 atom stereocenters. The Bertz CT molecular complexity index is 612. The van der Waals surface area contributed by atoms with Gasteiger partial charge in [0, 0.05) is 5.56 Å². The second-order valence-electron chi connectivity index (χ2n) is 5.83. The summed E-state index contributed by atoms with van der Waals surface area (Å²) in [5, 5.41) is 0. The van der Waals surface area contributed by atoms with Crippen molar-refractivity contribution in [2.75, 3.05) is 20.8 Å². The fourth-order valence-corrected chi connectivity index (χ4v) is 3.41. The van der Waals surface area contributed by atoms with Crippen molar-refractivity contribution in [2.45, 2.75) is 37.8 Å². The van der Waals surface area contributed by atoms with E-state index in [0.717, 1.165) is 12.8 Å². The number of benzene rings is 1. The molecule has 1 heterocycles. The highest BCUT2D eigenvalue weighted by Crippen LogP contribution is 2.44. The van der Waals surface area contributed by atoms with Gasteiger partial charge in [-0.15, -0.1) is 6.42 Å². The summed E-state index contributed by atoms with van der Waals surface area (Å²) in [6, 6.07) is 4.21. The number of nitrogens with zero attached hydrogens (tertiary/aromatic N) is 1. The third kappa shape index (κ3) is 2.81. The first-order valence-corrected chi connectivity index (χ1v) is 7.86. The molecule has 1 amide bonds. The topological polar surface area (TPSA) is 47.8 Å². The summed E-state index contributed by atoms with van der Waals surface area (Å²) in [5.41, 5.74) is 0.557. The summed E-state index contributed by atoms with van der Waals surface area (Å²) >= 11 is 0. The van der Waals surface area contributed by atoms with Gasteiger partial charge in [-0.2, -0.15) is 0 Å². The first-order valence-electron chi connectivity index (χ1n) is 7.86. The van der Waals surface area contributed by atoms with Crippen LogP contribution >= 0.6 is 0 Å². The maximum Gasteiger partial charge on any atom is 0.254 e. The van der Waals surface area contributed by atoms with E-state index < -0.39 is 0 Å². The van der Waals surface area contributed by atoms with E-state index in [1.54, 1.807) is 12.1 Å². The molecule has 0 aromatic heterocycles. The summed E-state index contributed by atoms with van der Waals surface area (Å²) in [4.78, 5) is 14.8. The summed E-state index contributed by atoms with van der Waals surface area (Å²) in [5.74, 6) is 3.77. The fourth-order valence-electron chi connectivity index (χ4n) is 3.41. The zero-order valence-corrected chi connectivity index (χ0v) is 13.5. The monoisotopic (exact) mass is 315 g/mol. The predicted octanol–water partition coefficient (Wildman–Crippen LogP) is 2.48. The number of hydrogen-bond acceptors (Lipinski definition) is 4. The van der Waals surface area contributed by atoms with Gasteiger partial charge in [-0.1, -0.05) is 18.8 Å². The van der Waals surface area contributed by atoms with Crippen LogP contribution in [-0.2, 0) is 0 Å². The van der Waals surface area contributed by atoms with Crippen molar-refractivity contribution in [2.24, 2.45) is 0 Å². The molecule has 1 aromatic rings. The average molecular weight is 315 g/mol. The van der Waals surface area contributed by atoms with Crippen LogP contribution in [0.25, 0.3) is 0 Å². The predicted molar refractivity (Wildman–Crippen MR) is 86.1 cm³/mol. The van der Waals surface area contributed by atoms with Gasteiger partial charge in [-0.3, -0.25) is 4.79 Å². The smallest absolute Gasteiger partial charge is 0.254 e. The normalized spacial score (nSPS) is 21.9. The molecule has 0 N–H and O–H groups in total. The van der Waals surface area contributed by atoms with Crippen molar-refractivity contribution >= 4 is 5.91 Å². The van der Waals surface area contributed by atoms with E-state index in [0.29, 0.717) is 34.9 Å². The molecule has 1 aliphatic carbocycles.